The smallest absolute Gasteiger partial charge is 0.163 e. The Hall–Kier alpha value is -0.0600. The molecule has 1 atom stereocenters. The molecule has 1 fully saturated rings. The van der Waals surface area contributed by atoms with Crippen molar-refractivity contribution in [2.75, 3.05) is 25.4 Å². The maximum atomic E-state index is 11.5. The van der Waals surface area contributed by atoms with Gasteiger partial charge in [0.15, 0.2) is 5.78 Å². The molecule has 0 spiro atoms. The molecule has 3 nitrogen and oxygen atoms in total. The van der Waals surface area contributed by atoms with Crippen LogP contribution < -0.4 is 5.73 Å². The van der Waals surface area contributed by atoms with Gasteiger partial charge in [0.2, 0.25) is 0 Å². The molecule has 1 saturated heterocycles. The Morgan fingerprint density at radius 3 is 2.62 bits per heavy atom. The van der Waals surface area contributed by atoms with Crippen molar-refractivity contribution in [1.82, 2.24) is 4.90 Å². The molecule has 0 aromatic carbocycles. The summed E-state index contributed by atoms with van der Waals surface area (Å²) in [6.07, 6.45) is 3.12. The molecule has 2 N–H and O–H groups in total. The lowest BCUT2D eigenvalue weighted by Gasteiger charge is -2.16. The summed E-state index contributed by atoms with van der Waals surface area (Å²) in [7, 11) is 0. The molecule has 4 heteroatoms. The van der Waals surface area contributed by atoms with Gasteiger partial charge in [-0.3, -0.25) is 9.69 Å². The first-order chi connectivity index (χ1) is 6.24. The van der Waals surface area contributed by atoms with Gasteiger partial charge >= 0.3 is 0 Å². The van der Waals surface area contributed by atoms with Crippen LogP contribution in [0.5, 0.6) is 0 Å². The summed E-state index contributed by atoms with van der Waals surface area (Å²) < 4.78 is 0. The molecule has 1 rings (SSSR count). The molecule has 0 saturated carbocycles. The fourth-order valence-electron chi connectivity index (χ4n) is 1.58. The molecule has 0 aromatic heterocycles. The summed E-state index contributed by atoms with van der Waals surface area (Å²) in [5, 5.41) is 0. The Bertz CT molecular complexity index is 169. The number of carbonyl (C=O) groups is 1. The van der Waals surface area contributed by atoms with Crippen molar-refractivity contribution in [2.45, 2.75) is 25.3 Å². The van der Waals surface area contributed by atoms with Crippen molar-refractivity contribution in [1.29, 1.82) is 0 Å². The van der Waals surface area contributed by atoms with E-state index in [1.54, 1.807) is 0 Å². The average Bonchev–Trinajstić information content (AvgIpc) is 2.57. The van der Waals surface area contributed by atoms with E-state index in [1.807, 2.05) is 0 Å². The van der Waals surface area contributed by atoms with Crippen LogP contribution in [0, 0.1) is 0 Å². The first kappa shape index (κ1) is 11.0. The number of hydrogen-bond acceptors (Lipinski definition) is 4. The van der Waals surface area contributed by atoms with Gasteiger partial charge in [-0.15, -0.1) is 0 Å². The van der Waals surface area contributed by atoms with Crippen molar-refractivity contribution in [3.05, 3.63) is 0 Å². The van der Waals surface area contributed by atoms with Crippen LogP contribution >= 0.6 is 12.6 Å². The summed E-state index contributed by atoms with van der Waals surface area (Å²) in [6, 6.07) is -0.307. The maximum Gasteiger partial charge on any atom is 0.163 e. The van der Waals surface area contributed by atoms with Crippen LogP contribution in [0.3, 0.4) is 0 Å². The van der Waals surface area contributed by atoms with E-state index < -0.39 is 0 Å². The minimum absolute atomic E-state index is 0.163. The zero-order chi connectivity index (χ0) is 9.68. The Balaban J connectivity index is 2.22. The SMILES string of the molecule is N[C@@H](CCS)C(=O)CN1CCCC1. The summed E-state index contributed by atoms with van der Waals surface area (Å²) >= 11 is 4.06. The first-order valence-electron chi connectivity index (χ1n) is 4.85. The molecular weight excluding hydrogens is 184 g/mol. The lowest BCUT2D eigenvalue weighted by Crippen LogP contribution is -2.39. The Morgan fingerprint density at radius 1 is 1.46 bits per heavy atom. The van der Waals surface area contributed by atoms with Crippen LogP contribution in [0.1, 0.15) is 19.3 Å². The standard InChI is InChI=1S/C9H18N2OS/c10-8(3-6-13)9(12)7-11-4-1-2-5-11/h8,13H,1-7,10H2/t8-/m0/s1. The number of rotatable bonds is 5. The number of likely N-dealkylation sites (tertiary alicyclic amines) is 1. The summed E-state index contributed by atoms with van der Waals surface area (Å²) in [6.45, 7) is 2.65. The van der Waals surface area contributed by atoms with E-state index in [0.717, 1.165) is 13.1 Å². The predicted octanol–water partition coefficient (Wildman–Crippen LogP) is 0.298. The van der Waals surface area contributed by atoms with Crippen LogP contribution in [-0.2, 0) is 4.79 Å². The molecular formula is C9H18N2OS. The lowest BCUT2D eigenvalue weighted by atomic mass is 10.1. The molecule has 76 valence electrons. The van der Waals surface area contributed by atoms with Gasteiger partial charge in [0.25, 0.3) is 0 Å². The van der Waals surface area contributed by atoms with Crippen LogP contribution in [0.15, 0.2) is 0 Å². The minimum Gasteiger partial charge on any atom is -0.321 e. The molecule has 0 unspecified atom stereocenters. The third-order valence-corrected chi connectivity index (χ3v) is 2.69. The normalized spacial score (nSPS) is 20.5. The number of thiol groups is 1. The molecule has 0 bridgehead atoms. The molecule has 13 heavy (non-hydrogen) atoms. The second-order valence-electron chi connectivity index (χ2n) is 3.57. The molecule has 0 aliphatic carbocycles. The average molecular weight is 202 g/mol. The van der Waals surface area contributed by atoms with Crippen molar-refractivity contribution in [3.63, 3.8) is 0 Å². The zero-order valence-corrected chi connectivity index (χ0v) is 8.80. The number of hydrogen-bond donors (Lipinski definition) is 2. The molecule has 0 radical (unpaired) electrons. The van der Waals surface area contributed by atoms with Crippen molar-refractivity contribution in [2.24, 2.45) is 5.73 Å². The van der Waals surface area contributed by atoms with Crippen LogP contribution in [0.4, 0.5) is 0 Å². The number of nitrogens with zero attached hydrogens (tertiary/aromatic N) is 1. The van der Waals surface area contributed by atoms with Crippen LogP contribution in [-0.4, -0.2) is 42.1 Å². The first-order valence-corrected chi connectivity index (χ1v) is 5.49. The number of carbonyl (C=O) groups excluding carboxylic acids is 1. The highest BCUT2D eigenvalue weighted by Crippen LogP contribution is 2.07. The third kappa shape index (κ3) is 3.67. The van der Waals surface area contributed by atoms with Crippen molar-refractivity contribution >= 4 is 18.4 Å². The Morgan fingerprint density at radius 2 is 2.08 bits per heavy atom. The van der Waals surface area contributed by atoms with Crippen LogP contribution in [0.2, 0.25) is 0 Å². The molecule has 0 amide bonds. The number of Topliss-reactive ketones (excluding diaryl/α,β-unsaturated/α-hetero) is 1. The highest BCUT2D eigenvalue weighted by Gasteiger charge is 2.18. The van der Waals surface area contributed by atoms with E-state index >= 15 is 0 Å². The van der Waals surface area contributed by atoms with Gasteiger partial charge in [-0.25, -0.2) is 0 Å². The van der Waals surface area contributed by atoms with E-state index in [1.165, 1.54) is 12.8 Å². The van der Waals surface area contributed by atoms with Crippen molar-refractivity contribution in [3.8, 4) is 0 Å². The number of ketones is 1. The van der Waals surface area contributed by atoms with Gasteiger partial charge in [-0.05, 0) is 38.1 Å². The third-order valence-electron chi connectivity index (χ3n) is 2.43. The zero-order valence-electron chi connectivity index (χ0n) is 7.91. The van der Waals surface area contributed by atoms with E-state index in [4.69, 9.17) is 5.73 Å². The quantitative estimate of drug-likeness (QED) is 0.630. The lowest BCUT2D eigenvalue weighted by molar-refractivity contribution is -0.121. The van der Waals surface area contributed by atoms with E-state index in [2.05, 4.69) is 17.5 Å². The summed E-state index contributed by atoms with van der Waals surface area (Å²) in [5.74, 6) is 0.850. The second-order valence-corrected chi connectivity index (χ2v) is 4.02. The molecule has 1 aliphatic rings. The molecule has 1 heterocycles. The molecule has 0 aromatic rings. The Labute approximate surface area is 85.1 Å². The summed E-state index contributed by atoms with van der Waals surface area (Å²) in [4.78, 5) is 13.7. The largest absolute Gasteiger partial charge is 0.321 e. The monoisotopic (exact) mass is 202 g/mol. The second kappa shape index (κ2) is 5.62. The van der Waals surface area contributed by atoms with Crippen molar-refractivity contribution < 1.29 is 4.79 Å². The Kier molecular flexibility index (Phi) is 4.77. The van der Waals surface area contributed by atoms with E-state index in [-0.39, 0.29) is 11.8 Å². The van der Waals surface area contributed by atoms with Gasteiger partial charge in [-0.2, -0.15) is 12.6 Å². The van der Waals surface area contributed by atoms with Gasteiger partial charge in [0, 0.05) is 0 Å². The van der Waals surface area contributed by atoms with Gasteiger partial charge in [0.05, 0.1) is 12.6 Å². The summed E-state index contributed by atoms with van der Waals surface area (Å²) in [5.41, 5.74) is 5.68. The maximum absolute atomic E-state index is 11.5. The minimum atomic E-state index is -0.307. The highest BCUT2D eigenvalue weighted by molar-refractivity contribution is 7.80. The predicted molar refractivity (Wildman–Crippen MR) is 57.1 cm³/mol. The highest BCUT2D eigenvalue weighted by atomic mass is 32.1. The van der Waals surface area contributed by atoms with Crippen LogP contribution in [0.25, 0.3) is 0 Å². The fourth-order valence-corrected chi connectivity index (χ4v) is 1.86. The van der Waals surface area contributed by atoms with Gasteiger partial charge in [0.1, 0.15) is 0 Å². The van der Waals surface area contributed by atoms with E-state index in [0.29, 0.717) is 18.7 Å². The van der Waals surface area contributed by atoms with Gasteiger partial charge in [-0.1, -0.05) is 0 Å². The molecule has 1 aliphatic heterocycles. The van der Waals surface area contributed by atoms with E-state index in [9.17, 15) is 4.79 Å². The number of nitrogens with two attached hydrogens (primary N) is 1. The topological polar surface area (TPSA) is 46.3 Å². The fraction of sp³-hybridized carbons (Fsp3) is 0.889. The van der Waals surface area contributed by atoms with Gasteiger partial charge < -0.3 is 5.73 Å².